The van der Waals surface area contributed by atoms with Gasteiger partial charge in [0.1, 0.15) is 21.8 Å². The summed E-state index contributed by atoms with van der Waals surface area (Å²) in [5.41, 5.74) is -2.44. The Morgan fingerprint density at radius 1 is 1.06 bits per heavy atom. The topological polar surface area (TPSA) is 147 Å². The predicted molar refractivity (Wildman–Crippen MR) is 113 cm³/mol. The summed E-state index contributed by atoms with van der Waals surface area (Å²) in [6.07, 6.45) is 1.91. The molecule has 0 saturated heterocycles. The molecular weight excluding hydrogens is 445 g/mol. The number of rotatable bonds is 3. The Bertz CT molecular complexity index is 1440. The number of aromatic nitrogens is 5. The molecule has 150 valence electrons. The summed E-state index contributed by atoms with van der Waals surface area (Å²) in [5.74, 6) is -0.0535. The molecule has 2 aromatic heterocycles. The van der Waals surface area contributed by atoms with Crippen molar-refractivity contribution < 1.29 is 4.74 Å². The molecule has 3 aromatic rings. The third kappa shape index (κ3) is 3.36. The van der Waals surface area contributed by atoms with Gasteiger partial charge in [0.2, 0.25) is 11.6 Å². The number of benzene rings is 1. The normalized spacial score (nSPS) is 12.4. The van der Waals surface area contributed by atoms with Crippen molar-refractivity contribution in [2.75, 3.05) is 0 Å². The van der Waals surface area contributed by atoms with Crippen LogP contribution in [0.25, 0.3) is 5.69 Å². The maximum absolute atomic E-state index is 12.2. The van der Waals surface area contributed by atoms with Crippen LogP contribution in [-0.2, 0) is 12.8 Å². The van der Waals surface area contributed by atoms with Gasteiger partial charge in [-0.15, -0.1) is 10.2 Å². The second-order valence-electron chi connectivity index (χ2n) is 6.54. The number of hydrogen-bond acceptors (Lipinski definition) is 7. The van der Waals surface area contributed by atoms with Gasteiger partial charge < -0.3 is 4.74 Å². The molecule has 31 heavy (non-hydrogen) atoms. The van der Waals surface area contributed by atoms with Crippen LogP contribution in [0.5, 0.6) is 11.6 Å². The van der Waals surface area contributed by atoms with Crippen molar-refractivity contribution in [3.05, 3.63) is 58.1 Å². The highest BCUT2D eigenvalue weighted by Gasteiger charge is 2.25. The number of H-pyrrole nitrogens is 2. The van der Waals surface area contributed by atoms with Gasteiger partial charge >= 0.3 is 5.69 Å². The second kappa shape index (κ2) is 7.76. The second-order valence-corrected chi connectivity index (χ2v) is 7.29. The third-order valence-electron chi connectivity index (χ3n) is 4.74. The van der Waals surface area contributed by atoms with Gasteiger partial charge in [-0.05, 0) is 30.2 Å². The van der Waals surface area contributed by atoms with Crippen molar-refractivity contribution in [1.29, 1.82) is 5.26 Å². The van der Waals surface area contributed by atoms with E-state index in [0.29, 0.717) is 28.7 Å². The molecule has 0 atom stereocenters. The van der Waals surface area contributed by atoms with Crippen molar-refractivity contribution in [3.63, 3.8) is 0 Å². The van der Waals surface area contributed by atoms with Crippen LogP contribution in [-0.4, -0.2) is 40.7 Å². The maximum Gasteiger partial charge on any atom is 0.349 e. The van der Waals surface area contributed by atoms with Crippen LogP contribution in [0, 0.1) is 11.3 Å². The molecule has 1 aliphatic rings. The van der Waals surface area contributed by atoms with Gasteiger partial charge in [0, 0.05) is 11.1 Å². The summed E-state index contributed by atoms with van der Waals surface area (Å²) in [6.45, 7) is 0. The Morgan fingerprint density at radius 3 is 2.35 bits per heavy atom. The summed E-state index contributed by atoms with van der Waals surface area (Å²) in [5, 5.41) is 18.5. The molecule has 14 heteroatoms. The molecule has 1 aliphatic carbocycles. The van der Waals surface area contributed by atoms with Crippen molar-refractivity contribution >= 4 is 49.8 Å². The average molecular weight is 453 g/mol. The molecule has 0 bridgehead atoms. The van der Waals surface area contributed by atoms with E-state index in [2.05, 4.69) is 15.3 Å². The predicted octanol–water partition coefficient (Wildman–Crippen LogP) is -0.949. The first-order chi connectivity index (χ1) is 14.7. The first-order valence-electron chi connectivity index (χ1n) is 8.72. The third-order valence-corrected chi connectivity index (χ3v) is 5.49. The summed E-state index contributed by atoms with van der Waals surface area (Å²) >= 11 is 12.7. The van der Waals surface area contributed by atoms with Gasteiger partial charge in [-0.2, -0.15) is 9.94 Å². The first kappa shape index (κ1) is 21.0. The van der Waals surface area contributed by atoms with Gasteiger partial charge in [-0.3, -0.25) is 14.6 Å². The lowest BCUT2D eigenvalue weighted by atomic mass is 9.84. The molecule has 2 heterocycles. The molecule has 10 nitrogen and oxygen atoms in total. The Hall–Kier alpha value is -3.29. The smallest absolute Gasteiger partial charge is 0.349 e. The molecular formula is C17H8B2Cl2N6O4. The quantitative estimate of drug-likeness (QED) is 0.487. The highest BCUT2D eigenvalue weighted by Crippen LogP contribution is 2.37. The molecule has 0 amide bonds. The summed E-state index contributed by atoms with van der Waals surface area (Å²) in [4.78, 5) is 37.7. The number of nitrogens with one attached hydrogen (secondary N) is 2. The van der Waals surface area contributed by atoms with Crippen molar-refractivity contribution in [3.8, 4) is 23.4 Å². The van der Waals surface area contributed by atoms with E-state index in [1.54, 1.807) is 6.07 Å². The molecule has 1 aromatic carbocycles. The molecule has 4 radical (unpaired) electrons. The van der Waals surface area contributed by atoms with Crippen LogP contribution >= 0.6 is 23.2 Å². The average Bonchev–Trinajstić information content (AvgIpc) is 3.24. The van der Waals surface area contributed by atoms with Crippen LogP contribution in [0.15, 0.2) is 14.4 Å². The number of nitriles is 1. The lowest BCUT2D eigenvalue weighted by Crippen LogP contribution is -2.39. The first-order valence-corrected chi connectivity index (χ1v) is 9.48. The molecule has 4 rings (SSSR count). The van der Waals surface area contributed by atoms with Crippen LogP contribution in [0.4, 0.5) is 0 Å². The van der Waals surface area contributed by atoms with Crippen molar-refractivity contribution in [2.45, 2.75) is 19.3 Å². The fraction of sp³-hybridized carbons (Fsp3) is 0.176. The van der Waals surface area contributed by atoms with Crippen LogP contribution < -0.4 is 32.5 Å². The molecule has 0 aliphatic heterocycles. The molecule has 0 spiro atoms. The minimum Gasteiger partial charge on any atom is -0.434 e. The van der Waals surface area contributed by atoms with Crippen molar-refractivity contribution in [2.24, 2.45) is 0 Å². The Kier molecular flexibility index (Phi) is 5.24. The lowest BCUT2D eigenvalue weighted by Gasteiger charge is -2.19. The Labute approximate surface area is 185 Å². The molecule has 0 fully saturated rings. The SMILES string of the molecule is [B]c1c(Cl)c(Oc2n[nH]c(=O)c3c2CCC3)c(Cl)c([B])c1-n1nc(C#N)c(=O)[nH]c1=O. The van der Waals surface area contributed by atoms with Crippen LogP contribution in [0.1, 0.15) is 23.2 Å². The Morgan fingerprint density at radius 2 is 1.71 bits per heavy atom. The number of fused-ring (bicyclic) bond motifs is 1. The number of ether oxygens (including phenoxy) is 1. The zero-order chi connectivity index (χ0) is 22.4. The maximum atomic E-state index is 12.2. The van der Waals surface area contributed by atoms with Crippen LogP contribution in [0.3, 0.4) is 0 Å². The summed E-state index contributed by atoms with van der Waals surface area (Å²) in [6, 6.07) is 1.55. The van der Waals surface area contributed by atoms with Gasteiger partial charge in [0.05, 0.1) is 15.7 Å². The van der Waals surface area contributed by atoms with E-state index in [1.807, 2.05) is 4.98 Å². The van der Waals surface area contributed by atoms with E-state index in [1.165, 1.54) is 0 Å². The van der Waals surface area contributed by atoms with E-state index in [4.69, 9.17) is 48.9 Å². The minimum atomic E-state index is -1.01. The highest BCUT2D eigenvalue weighted by molar-refractivity contribution is 6.55. The molecule has 0 unspecified atom stereocenters. The summed E-state index contributed by atoms with van der Waals surface area (Å²) < 4.78 is 6.37. The zero-order valence-electron chi connectivity index (χ0n) is 15.5. The van der Waals surface area contributed by atoms with Gasteiger partial charge in [0.15, 0.2) is 5.75 Å². The molecule has 2 N–H and O–H groups in total. The zero-order valence-corrected chi connectivity index (χ0v) is 17.0. The van der Waals surface area contributed by atoms with E-state index in [-0.39, 0.29) is 43.8 Å². The number of hydrogen-bond donors (Lipinski definition) is 2. The standard InChI is InChI=1S/C17H8B2Cl2N6O4/c18-8-10(20)13(31-16-6-3-1-2-5(6)14(28)24-25-16)11(21)9(19)12(8)27-17(30)23-15(29)7(4-22)26-27/h1-3H2,(H,24,28)(H,23,29,30). The number of aromatic amines is 2. The highest BCUT2D eigenvalue weighted by atomic mass is 35.5. The fourth-order valence-electron chi connectivity index (χ4n) is 3.28. The van der Waals surface area contributed by atoms with Gasteiger partial charge in [-0.1, -0.05) is 23.2 Å². The number of halogens is 2. The van der Waals surface area contributed by atoms with Crippen LogP contribution in [0.2, 0.25) is 10.0 Å². The van der Waals surface area contributed by atoms with E-state index in [0.717, 1.165) is 6.42 Å². The molecule has 0 saturated carbocycles. The van der Waals surface area contributed by atoms with Gasteiger partial charge in [-0.25, -0.2) is 9.89 Å². The largest absolute Gasteiger partial charge is 0.434 e. The van der Waals surface area contributed by atoms with E-state index >= 15 is 0 Å². The number of nitrogens with zero attached hydrogens (tertiary/aromatic N) is 4. The monoisotopic (exact) mass is 452 g/mol. The fourth-order valence-corrected chi connectivity index (χ4v) is 3.78. The summed E-state index contributed by atoms with van der Waals surface area (Å²) in [7, 11) is 12.1. The van der Waals surface area contributed by atoms with E-state index in [9.17, 15) is 14.4 Å². The lowest BCUT2D eigenvalue weighted by molar-refractivity contribution is 0.449. The Balaban J connectivity index is 1.90. The van der Waals surface area contributed by atoms with E-state index < -0.39 is 16.9 Å². The van der Waals surface area contributed by atoms with Crippen molar-refractivity contribution in [1.82, 2.24) is 25.0 Å². The minimum absolute atomic E-state index is 0.0912. The van der Waals surface area contributed by atoms with Gasteiger partial charge in [0.25, 0.3) is 11.1 Å².